The molecule has 1 aromatic carbocycles. The van der Waals surface area contributed by atoms with E-state index in [1.807, 2.05) is 35.2 Å². The molecule has 5 rings (SSSR count). The van der Waals surface area contributed by atoms with Crippen molar-refractivity contribution in [1.29, 1.82) is 0 Å². The van der Waals surface area contributed by atoms with Gasteiger partial charge in [0.05, 0.1) is 43.7 Å². The van der Waals surface area contributed by atoms with Crippen molar-refractivity contribution in [3.8, 4) is 11.3 Å². The van der Waals surface area contributed by atoms with Crippen LogP contribution < -0.4 is 15.5 Å². The van der Waals surface area contributed by atoms with Crippen LogP contribution in [-0.2, 0) is 22.1 Å². The van der Waals surface area contributed by atoms with Crippen LogP contribution in [0.2, 0.25) is 0 Å². The highest BCUT2D eigenvalue weighted by atomic mass is 19.4. The van der Waals surface area contributed by atoms with E-state index in [9.17, 15) is 13.2 Å². The number of benzene rings is 1. The van der Waals surface area contributed by atoms with Gasteiger partial charge in [0.1, 0.15) is 11.6 Å². The third-order valence-electron chi connectivity index (χ3n) is 6.34. The number of aromatic nitrogens is 3. The largest absolute Gasteiger partial charge is 0.417 e. The van der Waals surface area contributed by atoms with Gasteiger partial charge in [0.2, 0.25) is 5.95 Å². The highest BCUT2D eigenvalue weighted by Crippen LogP contribution is 2.38. The van der Waals surface area contributed by atoms with Gasteiger partial charge in [-0.25, -0.2) is 9.97 Å². The van der Waals surface area contributed by atoms with Gasteiger partial charge in [-0.15, -0.1) is 0 Å². The Morgan fingerprint density at radius 1 is 0.972 bits per heavy atom. The normalized spacial score (nSPS) is 18.9. The van der Waals surface area contributed by atoms with E-state index in [1.165, 1.54) is 0 Å². The van der Waals surface area contributed by atoms with Crippen LogP contribution in [0.3, 0.4) is 0 Å². The van der Waals surface area contributed by atoms with Gasteiger partial charge in [-0.2, -0.15) is 18.2 Å². The van der Waals surface area contributed by atoms with Gasteiger partial charge in [0.15, 0.2) is 0 Å². The second kappa shape index (κ2) is 10.3. The number of halogens is 3. The third kappa shape index (κ3) is 5.36. The molecule has 190 valence electrons. The molecule has 3 aromatic rings. The first-order valence-corrected chi connectivity index (χ1v) is 11.8. The van der Waals surface area contributed by atoms with Crippen LogP contribution in [-0.4, -0.2) is 67.1 Å². The zero-order valence-electron chi connectivity index (χ0n) is 19.6. The Bertz CT molecular complexity index is 1190. The highest BCUT2D eigenvalue weighted by molar-refractivity contribution is 5.69. The lowest BCUT2D eigenvalue weighted by Crippen LogP contribution is -2.47. The number of anilines is 3. The number of nitrogens with zero attached hydrogens (tertiary/aromatic N) is 5. The molecule has 0 aliphatic carbocycles. The summed E-state index contributed by atoms with van der Waals surface area (Å²) in [5, 5.41) is 0. The highest BCUT2D eigenvalue weighted by Gasteiger charge is 2.35. The summed E-state index contributed by atoms with van der Waals surface area (Å²) >= 11 is 0. The molecule has 36 heavy (non-hydrogen) atoms. The van der Waals surface area contributed by atoms with Gasteiger partial charge >= 0.3 is 6.18 Å². The van der Waals surface area contributed by atoms with E-state index in [-0.39, 0.29) is 23.1 Å². The van der Waals surface area contributed by atoms with E-state index >= 15 is 0 Å². The molecule has 0 radical (unpaired) electrons. The number of alkyl halides is 3. The van der Waals surface area contributed by atoms with E-state index in [0.29, 0.717) is 64.2 Å². The average Bonchev–Trinajstić information content (AvgIpc) is 2.89. The van der Waals surface area contributed by atoms with Gasteiger partial charge in [-0.05, 0) is 18.1 Å². The molecule has 2 N–H and O–H groups in total. The second-order valence-electron chi connectivity index (χ2n) is 8.78. The molecule has 0 amide bonds. The molecule has 8 nitrogen and oxygen atoms in total. The summed E-state index contributed by atoms with van der Waals surface area (Å²) in [6, 6.07) is 12.4. The van der Waals surface area contributed by atoms with Crippen molar-refractivity contribution in [3.05, 3.63) is 59.8 Å². The lowest BCUT2D eigenvalue weighted by atomic mass is 10.0. The van der Waals surface area contributed by atoms with E-state index in [0.717, 1.165) is 17.8 Å². The summed E-state index contributed by atoms with van der Waals surface area (Å²) in [6.45, 7) is 3.62. The Hall–Kier alpha value is -3.44. The molecule has 4 heterocycles. The number of nitrogens with two attached hydrogens (primary N) is 1. The molecule has 2 aromatic heterocycles. The van der Waals surface area contributed by atoms with Crippen molar-refractivity contribution in [1.82, 2.24) is 15.0 Å². The molecular formula is C25H27F3N6O2. The molecule has 0 spiro atoms. The number of hydrogen-bond donors (Lipinski definition) is 1. The quantitative estimate of drug-likeness (QED) is 0.570. The fourth-order valence-electron chi connectivity index (χ4n) is 4.53. The van der Waals surface area contributed by atoms with E-state index in [4.69, 9.17) is 20.2 Å². The minimum Gasteiger partial charge on any atom is -0.384 e. The SMILES string of the molecule is Nc1cc(C(F)(F)F)c(-c2cc(N3CCOCC3Cc3ccccc3)nc(N3CCOCC3)n2)cn1. The maximum absolute atomic E-state index is 13.9. The standard InChI is InChI=1S/C25H27F3N6O2/c26-25(27,28)20-13-22(29)30-15-19(20)21-14-23(32-24(31-21)33-6-9-35-10-7-33)34-8-11-36-16-18(34)12-17-4-2-1-3-5-17/h1-5,13-15,18H,6-12,16H2,(H2,29,30). The number of nitrogen functional groups attached to an aromatic ring is 1. The summed E-state index contributed by atoms with van der Waals surface area (Å²) in [6.07, 6.45) is -2.77. The van der Waals surface area contributed by atoms with Crippen molar-refractivity contribution in [3.63, 3.8) is 0 Å². The van der Waals surface area contributed by atoms with Crippen LogP contribution in [0.15, 0.2) is 48.7 Å². The average molecular weight is 501 g/mol. The zero-order valence-corrected chi connectivity index (χ0v) is 19.6. The minimum absolute atomic E-state index is 0.0342. The first-order valence-electron chi connectivity index (χ1n) is 11.8. The number of rotatable bonds is 5. The topological polar surface area (TPSA) is 89.6 Å². The number of ether oxygens (including phenoxy) is 2. The van der Waals surface area contributed by atoms with Crippen LogP contribution in [0.25, 0.3) is 11.3 Å². The summed E-state index contributed by atoms with van der Waals surface area (Å²) in [4.78, 5) is 17.3. The molecule has 1 unspecified atom stereocenters. The van der Waals surface area contributed by atoms with Gasteiger partial charge in [-0.1, -0.05) is 30.3 Å². The number of pyridine rings is 1. The molecule has 2 aliphatic heterocycles. The maximum Gasteiger partial charge on any atom is 0.417 e. The number of hydrogen-bond acceptors (Lipinski definition) is 8. The van der Waals surface area contributed by atoms with Crippen molar-refractivity contribution < 1.29 is 22.6 Å². The lowest BCUT2D eigenvalue weighted by molar-refractivity contribution is -0.137. The monoisotopic (exact) mass is 500 g/mol. The van der Waals surface area contributed by atoms with Crippen molar-refractivity contribution in [2.24, 2.45) is 0 Å². The molecule has 11 heteroatoms. The predicted octanol–water partition coefficient (Wildman–Crippen LogP) is 3.42. The first kappa shape index (κ1) is 24.3. The Labute approximate surface area is 206 Å². The Kier molecular flexibility index (Phi) is 6.92. The van der Waals surface area contributed by atoms with Gasteiger partial charge in [0, 0.05) is 37.5 Å². The maximum atomic E-state index is 13.9. The molecule has 0 saturated carbocycles. The molecule has 2 aliphatic rings. The van der Waals surface area contributed by atoms with Crippen molar-refractivity contribution in [2.75, 3.05) is 61.6 Å². The Morgan fingerprint density at radius 2 is 1.72 bits per heavy atom. The van der Waals surface area contributed by atoms with Crippen LogP contribution >= 0.6 is 0 Å². The second-order valence-corrected chi connectivity index (χ2v) is 8.78. The summed E-state index contributed by atoms with van der Waals surface area (Å²) in [5.41, 5.74) is 5.87. The minimum atomic E-state index is -4.62. The number of morpholine rings is 2. The summed E-state index contributed by atoms with van der Waals surface area (Å²) < 4.78 is 53.1. The van der Waals surface area contributed by atoms with Gasteiger partial charge in [0.25, 0.3) is 0 Å². The van der Waals surface area contributed by atoms with Crippen molar-refractivity contribution >= 4 is 17.6 Å². The Balaban J connectivity index is 1.59. The van der Waals surface area contributed by atoms with E-state index in [1.54, 1.807) is 6.07 Å². The van der Waals surface area contributed by atoms with Crippen molar-refractivity contribution in [2.45, 2.75) is 18.6 Å². The van der Waals surface area contributed by atoms with E-state index in [2.05, 4.69) is 14.9 Å². The molecule has 2 saturated heterocycles. The molecule has 1 atom stereocenters. The lowest BCUT2D eigenvalue weighted by Gasteiger charge is -2.37. The van der Waals surface area contributed by atoms with Crippen LogP contribution in [0, 0.1) is 0 Å². The van der Waals surface area contributed by atoms with Gasteiger partial charge in [-0.3, -0.25) is 0 Å². The van der Waals surface area contributed by atoms with Gasteiger partial charge < -0.3 is 25.0 Å². The van der Waals surface area contributed by atoms with E-state index < -0.39 is 11.7 Å². The fraction of sp³-hybridized carbons (Fsp3) is 0.400. The Morgan fingerprint density at radius 3 is 2.47 bits per heavy atom. The zero-order chi connectivity index (χ0) is 25.1. The van der Waals surface area contributed by atoms with Crippen LogP contribution in [0.4, 0.5) is 30.8 Å². The third-order valence-corrected chi connectivity index (χ3v) is 6.34. The first-order chi connectivity index (χ1) is 17.4. The summed E-state index contributed by atoms with van der Waals surface area (Å²) in [7, 11) is 0. The molecule has 2 fully saturated rings. The smallest absolute Gasteiger partial charge is 0.384 e. The summed E-state index contributed by atoms with van der Waals surface area (Å²) in [5.74, 6) is 0.709. The predicted molar refractivity (Wildman–Crippen MR) is 130 cm³/mol. The molecule has 0 bridgehead atoms. The molecular weight excluding hydrogens is 473 g/mol. The van der Waals surface area contributed by atoms with Crippen LogP contribution in [0.5, 0.6) is 0 Å². The fourth-order valence-corrected chi connectivity index (χ4v) is 4.53. The van der Waals surface area contributed by atoms with Crippen LogP contribution in [0.1, 0.15) is 11.1 Å².